The van der Waals surface area contributed by atoms with Crippen molar-refractivity contribution in [2.75, 3.05) is 31.1 Å². The number of anilines is 1. The van der Waals surface area contributed by atoms with Crippen molar-refractivity contribution in [3.8, 4) is 0 Å². The first-order valence-electron chi connectivity index (χ1n) is 9.71. The zero-order valence-corrected chi connectivity index (χ0v) is 16.8. The summed E-state index contributed by atoms with van der Waals surface area (Å²) < 4.78 is 38.8. The lowest BCUT2D eigenvalue weighted by Gasteiger charge is -2.35. The molecule has 33 heavy (non-hydrogen) atoms. The van der Waals surface area contributed by atoms with Gasteiger partial charge in [-0.25, -0.2) is 0 Å². The number of nitro groups is 2. The highest BCUT2D eigenvalue weighted by molar-refractivity contribution is 6.07. The van der Waals surface area contributed by atoms with Crippen molar-refractivity contribution in [3.05, 3.63) is 74.0 Å². The maximum Gasteiger partial charge on any atom is 0.416 e. The molecule has 0 spiro atoms. The molecule has 0 bridgehead atoms. The van der Waals surface area contributed by atoms with Crippen LogP contribution in [0.5, 0.6) is 0 Å². The highest BCUT2D eigenvalue weighted by Gasteiger charge is 2.34. The molecule has 1 aliphatic rings. The number of carbonyl (C=O) groups excluding carboxylic acids is 1. The summed E-state index contributed by atoms with van der Waals surface area (Å²) in [4.78, 5) is 40.0. The van der Waals surface area contributed by atoms with Crippen LogP contribution in [0.1, 0.15) is 15.9 Å². The molecule has 1 aromatic heterocycles. The summed E-state index contributed by atoms with van der Waals surface area (Å²) in [5.41, 5.74) is -1.07. The molecule has 0 aliphatic carbocycles. The van der Waals surface area contributed by atoms with Gasteiger partial charge in [-0.05, 0) is 18.2 Å². The largest absolute Gasteiger partial charge is 0.416 e. The van der Waals surface area contributed by atoms with Gasteiger partial charge in [-0.15, -0.1) is 0 Å². The second-order valence-electron chi connectivity index (χ2n) is 7.43. The molecule has 0 radical (unpaired) electrons. The van der Waals surface area contributed by atoms with Crippen LogP contribution in [0.15, 0.2) is 42.6 Å². The number of hydrogen-bond donors (Lipinski definition) is 1. The molecule has 10 nitrogen and oxygen atoms in total. The number of halogens is 3. The van der Waals surface area contributed by atoms with Crippen molar-refractivity contribution in [1.82, 2.24) is 9.88 Å². The molecule has 1 aliphatic heterocycles. The van der Waals surface area contributed by atoms with Crippen LogP contribution in [0.2, 0.25) is 0 Å². The van der Waals surface area contributed by atoms with Crippen LogP contribution in [0.4, 0.5) is 30.2 Å². The Morgan fingerprint density at radius 1 is 0.970 bits per heavy atom. The average Bonchev–Trinajstić information content (AvgIpc) is 3.21. The van der Waals surface area contributed by atoms with E-state index in [4.69, 9.17) is 0 Å². The van der Waals surface area contributed by atoms with Crippen LogP contribution in [-0.2, 0) is 6.18 Å². The summed E-state index contributed by atoms with van der Waals surface area (Å²) in [6.07, 6.45) is -3.24. The van der Waals surface area contributed by atoms with Gasteiger partial charge in [-0.2, -0.15) is 13.2 Å². The van der Waals surface area contributed by atoms with E-state index in [1.54, 1.807) is 4.90 Å². The Morgan fingerprint density at radius 2 is 1.67 bits per heavy atom. The molecule has 1 amide bonds. The van der Waals surface area contributed by atoms with E-state index in [9.17, 15) is 38.2 Å². The number of piperazine rings is 1. The van der Waals surface area contributed by atoms with Crippen LogP contribution < -0.4 is 4.90 Å². The SMILES string of the molecule is O=C(c1c[nH]c2ccc([N+](=O)[O-])cc12)N1CCN(c2ccc(C(F)(F)F)cc2[N+](=O)[O-])CC1. The van der Waals surface area contributed by atoms with E-state index < -0.39 is 27.3 Å². The minimum Gasteiger partial charge on any atom is -0.362 e. The van der Waals surface area contributed by atoms with Gasteiger partial charge in [0, 0.05) is 61.5 Å². The Hall–Kier alpha value is -4.16. The van der Waals surface area contributed by atoms with Crippen molar-refractivity contribution >= 4 is 33.9 Å². The molecule has 2 heterocycles. The lowest BCUT2D eigenvalue weighted by atomic mass is 10.1. The summed E-state index contributed by atoms with van der Waals surface area (Å²) >= 11 is 0. The topological polar surface area (TPSA) is 126 Å². The van der Waals surface area contributed by atoms with Gasteiger partial charge in [0.1, 0.15) is 5.69 Å². The molecule has 2 aromatic carbocycles. The number of aromatic amines is 1. The molecule has 1 saturated heterocycles. The summed E-state index contributed by atoms with van der Waals surface area (Å²) in [6.45, 7) is 0.665. The normalized spacial score (nSPS) is 14.5. The van der Waals surface area contributed by atoms with E-state index in [-0.39, 0.29) is 49.0 Å². The number of hydrogen-bond acceptors (Lipinski definition) is 6. The third-order valence-electron chi connectivity index (χ3n) is 5.51. The summed E-state index contributed by atoms with van der Waals surface area (Å²) in [6, 6.07) is 6.50. The monoisotopic (exact) mass is 463 g/mol. The fraction of sp³-hybridized carbons (Fsp3) is 0.250. The van der Waals surface area contributed by atoms with Crippen molar-refractivity contribution in [2.45, 2.75) is 6.18 Å². The molecule has 3 aromatic rings. The third-order valence-corrected chi connectivity index (χ3v) is 5.51. The number of non-ortho nitro benzene ring substituents is 1. The average molecular weight is 463 g/mol. The van der Waals surface area contributed by atoms with Crippen molar-refractivity contribution in [1.29, 1.82) is 0 Å². The van der Waals surface area contributed by atoms with Gasteiger partial charge in [0.2, 0.25) is 0 Å². The van der Waals surface area contributed by atoms with E-state index >= 15 is 0 Å². The number of benzene rings is 2. The van der Waals surface area contributed by atoms with Gasteiger partial charge in [-0.1, -0.05) is 0 Å². The highest BCUT2D eigenvalue weighted by atomic mass is 19.4. The lowest BCUT2D eigenvalue weighted by Crippen LogP contribution is -2.49. The van der Waals surface area contributed by atoms with E-state index in [1.807, 2.05) is 0 Å². The summed E-state index contributed by atoms with van der Waals surface area (Å²) in [7, 11) is 0. The second kappa shape index (κ2) is 8.07. The van der Waals surface area contributed by atoms with Gasteiger partial charge in [0.15, 0.2) is 0 Å². The first kappa shape index (κ1) is 22.0. The van der Waals surface area contributed by atoms with Gasteiger partial charge in [0.05, 0.1) is 21.0 Å². The smallest absolute Gasteiger partial charge is 0.362 e. The summed E-state index contributed by atoms with van der Waals surface area (Å²) in [5, 5.41) is 22.8. The molecule has 13 heteroatoms. The Bertz CT molecular complexity index is 1260. The maximum atomic E-state index is 13.0. The van der Waals surface area contributed by atoms with Crippen molar-refractivity contribution in [3.63, 3.8) is 0 Å². The van der Waals surface area contributed by atoms with Gasteiger partial charge in [-0.3, -0.25) is 25.0 Å². The van der Waals surface area contributed by atoms with Gasteiger partial charge in [0.25, 0.3) is 17.3 Å². The second-order valence-corrected chi connectivity index (χ2v) is 7.43. The summed E-state index contributed by atoms with van der Waals surface area (Å²) in [5.74, 6) is -0.372. The van der Waals surface area contributed by atoms with E-state index in [2.05, 4.69) is 4.98 Å². The van der Waals surface area contributed by atoms with Gasteiger partial charge >= 0.3 is 6.18 Å². The lowest BCUT2D eigenvalue weighted by molar-refractivity contribution is -0.384. The van der Waals surface area contributed by atoms with Gasteiger partial charge < -0.3 is 14.8 Å². The Labute approximate surface area is 183 Å². The molecule has 4 rings (SSSR count). The van der Waals surface area contributed by atoms with Crippen molar-refractivity contribution in [2.24, 2.45) is 0 Å². The van der Waals surface area contributed by atoms with Crippen LogP contribution in [0.25, 0.3) is 10.9 Å². The predicted octanol–water partition coefficient (Wildman–Crippen LogP) is 3.97. The Balaban J connectivity index is 1.53. The molecule has 172 valence electrons. The minimum absolute atomic E-state index is 0.0443. The highest BCUT2D eigenvalue weighted by Crippen LogP contribution is 2.37. The third kappa shape index (κ3) is 4.16. The molecule has 1 fully saturated rings. The van der Waals surface area contributed by atoms with E-state index in [0.717, 1.165) is 12.1 Å². The molecule has 1 N–H and O–H groups in total. The fourth-order valence-corrected chi connectivity index (χ4v) is 3.83. The molecular formula is C20H16F3N5O5. The standard InChI is InChI=1S/C20H16F3N5O5/c21-20(22,23)12-1-4-17(18(9-12)28(32)33)25-5-7-26(8-6-25)19(29)15-11-24-16-3-2-13(27(30)31)10-14(15)16/h1-4,9-11,24H,5-8H2. The van der Waals surface area contributed by atoms with E-state index in [0.29, 0.717) is 17.0 Å². The van der Waals surface area contributed by atoms with Crippen LogP contribution in [0, 0.1) is 20.2 Å². The number of nitro benzene ring substituents is 2. The predicted molar refractivity (Wildman–Crippen MR) is 111 cm³/mol. The number of nitrogens with zero attached hydrogens (tertiary/aromatic N) is 4. The van der Waals surface area contributed by atoms with Crippen LogP contribution in [0.3, 0.4) is 0 Å². The number of amides is 1. The number of H-pyrrole nitrogens is 1. The van der Waals surface area contributed by atoms with E-state index in [1.165, 1.54) is 29.3 Å². The van der Waals surface area contributed by atoms with Crippen molar-refractivity contribution < 1.29 is 27.8 Å². The Kier molecular flexibility index (Phi) is 5.39. The number of fused-ring (bicyclic) bond motifs is 1. The zero-order chi connectivity index (χ0) is 23.9. The first-order valence-corrected chi connectivity index (χ1v) is 9.71. The quantitative estimate of drug-likeness (QED) is 0.461. The first-order chi connectivity index (χ1) is 15.6. The number of alkyl halides is 3. The number of aromatic nitrogens is 1. The number of rotatable bonds is 4. The number of carbonyl (C=O) groups is 1. The fourth-order valence-electron chi connectivity index (χ4n) is 3.83. The molecule has 0 saturated carbocycles. The van der Waals surface area contributed by atoms with Crippen LogP contribution in [-0.4, -0.2) is 51.8 Å². The Morgan fingerprint density at radius 3 is 2.27 bits per heavy atom. The van der Waals surface area contributed by atoms with Crippen LogP contribution >= 0.6 is 0 Å². The zero-order valence-electron chi connectivity index (χ0n) is 16.8. The number of nitrogens with one attached hydrogen (secondary N) is 1. The molecule has 0 unspecified atom stereocenters. The minimum atomic E-state index is -4.71. The maximum absolute atomic E-state index is 13.0. The molecule has 0 atom stereocenters. The molecular weight excluding hydrogens is 447 g/mol.